The van der Waals surface area contributed by atoms with Gasteiger partial charge in [-0.2, -0.15) is 0 Å². The lowest BCUT2D eigenvalue weighted by molar-refractivity contribution is -0.134. The second-order valence-corrected chi connectivity index (χ2v) is 4.07. The Hall–Kier alpha value is -0.690. The average Bonchev–Trinajstić information content (AvgIpc) is 2.36. The van der Waals surface area contributed by atoms with Crippen LogP contribution in [0.5, 0.6) is 0 Å². The van der Waals surface area contributed by atoms with Gasteiger partial charge in [-0.15, -0.1) is 0 Å². The molecule has 0 aromatic heterocycles. The van der Waals surface area contributed by atoms with E-state index >= 15 is 0 Å². The predicted octanol–water partition coefficient (Wildman–Crippen LogP) is -1.17. The van der Waals surface area contributed by atoms with Gasteiger partial charge in [-0.1, -0.05) is 0 Å². The SMILES string of the molecule is COCC(O)CCNCC(=O)N1CCOCC1. The molecule has 0 radical (unpaired) electrons. The van der Waals surface area contributed by atoms with Crippen molar-refractivity contribution in [1.82, 2.24) is 10.2 Å². The summed E-state index contributed by atoms with van der Waals surface area (Å²) in [6.07, 6.45) is 0.121. The molecule has 1 unspecified atom stereocenters. The molecule has 0 aromatic rings. The third-order valence-corrected chi connectivity index (χ3v) is 2.65. The molecule has 0 saturated carbocycles. The molecule has 1 heterocycles. The molecule has 2 N–H and O–H groups in total. The first-order chi connectivity index (χ1) is 8.24. The lowest BCUT2D eigenvalue weighted by atomic mass is 10.2. The van der Waals surface area contributed by atoms with Gasteiger partial charge >= 0.3 is 0 Å². The number of carbonyl (C=O) groups excluding carboxylic acids is 1. The summed E-state index contributed by atoms with van der Waals surface area (Å²) in [5.41, 5.74) is 0. The Morgan fingerprint density at radius 3 is 2.88 bits per heavy atom. The van der Waals surface area contributed by atoms with Gasteiger partial charge in [0, 0.05) is 20.2 Å². The summed E-state index contributed by atoms with van der Waals surface area (Å²) in [6.45, 7) is 3.86. The van der Waals surface area contributed by atoms with Gasteiger partial charge in [-0.25, -0.2) is 0 Å². The minimum absolute atomic E-state index is 0.0922. The highest BCUT2D eigenvalue weighted by atomic mass is 16.5. The number of morpholine rings is 1. The Labute approximate surface area is 102 Å². The molecule has 1 aliphatic rings. The van der Waals surface area contributed by atoms with Crippen molar-refractivity contribution in [2.75, 3.05) is 53.1 Å². The van der Waals surface area contributed by atoms with Gasteiger partial charge in [0.15, 0.2) is 0 Å². The fourth-order valence-corrected chi connectivity index (χ4v) is 1.66. The zero-order chi connectivity index (χ0) is 12.5. The van der Waals surface area contributed by atoms with Gasteiger partial charge in [-0.3, -0.25) is 4.79 Å². The van der Waals surface area contributed by atoms with Crippen LogP contribution in [0.1, 0.15) is 6.42 Å². The number of hydrogen-bond donors (Lipinski definition) is 2. The second-order valence-electron chi connectivity index (χ2n) is 4.07. The molecule has 1 amide bonds. The van der Waals surface area contributed by atoms with E-state index < -0.39 is 6.10 Å². The topological polar surface area (TPSA) is 71.0 Å². The molecule has 17 heavy (non-hydrogen) atoms. The maximum Gasteiger partial charge on any atom is 0.236 e. The lowest BCUT2D eigenvalue weighted by Crippen LogP contribution is -2.45. The number of rotatable bonds is 7. The number of nitrogens with zero attached hydrogens (tertiary/aromatic N) is 1. The highest BCUT2D eigenvalue weighted by Crippen LogP contribution is 1.96. The molecule has 1 atom stereocenters. The van der Waals surface area contributed by atoms with Crippen molar-refractivity contribution in [3.05, 3.63) is 0 Å². The molecule has 1 saturated heterocycles. The number of amides is 1. The molecule has 1 rings (SSSR count). The molecule has 1 aliphatic heterocycles. The molecular weight excluding hydrogens is 224 g/mol. The van der Waals surface area contributed by atoms with Gasteiger partial charge in [0.1, 0.15) is 0 Å². The van der Waals surface area contributed by atoms with Crippen LogP contribution in [0, 0.1) is 0 Å². The molecule has 100 valence electrons. The molecule has 6 nitrogen and oxygen atoms in total. The number of carbonyl (C=O) groups is 1. The van der Waals surface area contributed by atoms with E-state index in [0.717, 1.165) is 0 Å². The summed E-state index contributed by atoms with van der Waals surface area (Å²) < 4.78 is 9.98. The minimum Gasteiger partial charge on any atom is -0.391 e. The van der Waals surface area contributed by atoms with Crippen LogP contribution in [0.4, 0.5) is 0 Å². The van der Waals surface area contributed by atoms with E-state index in [1.807, 2.05) is 0 Å². The van der Waals surface area contributed by atoms with Crippen molar-refractivity contribution in [2.24, 2.45) is 0 Å². The second kappa shape index (κ2) is 8.41. The monoisotopic (exact) mass is 246 g/mol. The maximum absolute atomic E-state index is 11.7. The van der Waals surface area contributed by atoms with E-state index in [1.54, 1.807) is 12.0 Å². The lowest BCUT2D eigenvalue weighted by Gasteiger charge is -2.27. The summed E-state index contributed by atoms with van der Waals surface area (Å²) in [5, 5.41) is 12.4. The largest absolute Gasteiger partial charge is 0.391 e. The van der Waals surface area contributed by atoms with E-state index in [4.69, 9.17) is 9.47 Å². The normalized spacial score (nSPS) is 18.1. The molecule has 0 aromatic carbocycles. The van der Waals surface area contributed by atoms with Crippen molar-refractivity contribution in [3.8, 4) is 0 Å². The minimum atomic E-state index is -0.467. The van der Waals surface area contributed by atoms with Crippen LogP contribution < -0.4 is 5.32 Å². The van der Waals surface area contributed by atoms with E-state index in [-0.39, 0.29) is 5.91 Å². The van der Waals surface area contributed by atoms with Crippen LogP contribution in [-0.2, 0) is 14.3 Å². The van der Waals surface area contributed by atoms with Crippen molar-refractivity contribution >= 4 is 5.91 Å². The first-order valence-corrected chi connectivity index (χ1v) is 5.97. The van der Waals surface area contributed by atoms with Crippen LogP contribution in [-0.4, -0.2) is 75.1 Å². The average molecular weight is 246 g/mol. The fraction of sp³-hybridized carbons (Fsp3) is 0.909. The number of nitrogens with one attached hydrogen (secondary N) is 1. The van der Waals surface area contributed by atoms with Crippen LogP contribution in [0.25, 0.3) is 0 Å². The number of methoxy groups -OCH3 is 1. The van der Waals surface area contributed by atoms with E-state index in [9.17, 15) is 9.90 Å². The van der Waals surface area contributed by atoms with Gasteiger partial charge in [0.2, 0.25) is 5.91 Å². The molecule has 0 spiro atoms. The standard InChI is InChI=1S/C11H22N2O4/c1-16-9-10(14)2-3-12-8-11(15)13-4-6-17-7-5-13/h10,12,14H,2-9H2,1H3. The maximum atomic E-state index is 11.7. The summed E-state index contributed by atoms with van der Waals surface area (Å²) in [5.74, 6) is 0.0922. The summed E-state index contributed by atoms with van der Waals surface area (Å²) in [4.78, 5) is 13.5. The number of aliphatic hydroxyl groups excluding tert-OH is 1. The van der Waals surface area contributed by atoms with Crippen LogP contribution in [0.2, 0.25) is 0 Å². The van der Waals surface area contributed by atoms with Crippen LogP contribution in [0.3, 0.4) is 0 Å². The number of aliphatic hydroxyl groups is 1. The third-order valence-electron chi connectivity index (χ3n) is 2.65. The first-order valence-electron chi connectivity index (χ1n) is 5.97. The molecule has 6 heteroatoms. The molecule has 1 fully saturated rings. The number of hydrogen-bond acceptors (Lipinski definition) is 5. The Kier molecular flexibility index (Phi) is 7.11. The van der Waals surface area contributed by atoms with Gasteiger partial charge in [0.25, 0.3) is 0 Å². The van der Waals surface area contributed by atoms with Gasteiger partial charge in [-0.05, 0) is 13.0 Å². The molecule has 0 aliphatic carbocycles. The van der Waals surface area contributed by atoms with E-state index in [1.165, 1.54) is 0 Å². The molecular formula is C11H22N2O4. The van der Waals surface area contributed by atoms with Crippen molar-refractivity contribution in [2.45, 2.75) is 12.5 Å². The van der Waals surface area contributed by atoms with Gasteiger partial charge < -0.3 is 24.8 Å². The number of ether oxygens (including phenoxy) is 2. The zero-order valence-corrected chi connectivity index (χ0v) is 10.4. The van der Waals surface area contributed by atoms with Crippen LogP contribution in [0.15, 0.2) is 0 Å². The fourth-order valence-electron chi connectivity index (χ4n) is 1.66. The van der Waals surface area contributed by atoms with Crippen molar-refractivity contribution < 1.29 is 19.4 Å². The Morgan fingerprint density at radius 2 is 2.24 bits per heavy atom. The van der Waals surface area contributed by atoms with Crippen molar-refractivity contribution in [1.29, 1.82) is 0 Å². The van der Waals surface area contributed by atoms with E-state index in [2.05, 4.69) is 5.32 Å². The quantitative estimate of drug-likeness (QED) is 0.554. The summed E-state index contributed by atoms with van der Waals surface area (Å²) in [6, 6.07) is 0. The summed E-state index contributed by atoms with van der Waals surface area (Å²) in [7, 11) is 1.55. The Balaban J connectivity index is 2.03. The highest BCUT2D eigenvalue weighted by Gasteiger charge is 2.15. The predicted molar refractivity (Wildman–Crippen MR) is 62.8 cm³/mol. The zero-order valence-electron chi connectivity index (χ0n) is 10.4. The summed E-state index contributed by atoms with van der Waals surface area (Å²) >= 11 is 0. The van der Waals surface area contributed by atoms with E-state index in [0.29, 0.717) is 52.4 Å². The third kappa shape index (κ3) is 5.97. The van der Waals surface area contributed by atoms with Gasteiger partial charge in [0.05, 0.1) is 32.5 Å². The first kappa shape index (κ1) is 14.4. The Morgan fingerprint density at radius 1 is 1.53 bits per heavy atom. The van der Waals surface area contributed by atoms with Crippen molar-refractivity contribution in [3.63, 3.8) is 0 Å². The molecule has 0 bridgehead atoms. The highest BCUT2D eigenvalue weighted by molar-refractivity contribution is 5.78. The van der Waals surface area contributed by atoms with Crippen LogP contribution >= 0.6 is 0 Å². The smallest absolute Gasteiger partial charge is 0.236 e. The Bertz CT molecular complexity index is 220.